The standard InChI is InChI=1S/C20H17FO4/c1-12-15-11-14(21)6-9-17(15)25-20(12)16(22)7-4-13-5-8-18(23-2)19(10-13)24-3/h4-11H,1-3H3. The second-order valence-corrected chi connectivity index (χ2v) is 5.51. The van der Waals surface area contributed by atoms with Gasteiger partial charge in [-0.15, -0.1) is 0 Å². The van der Waals surface area contributed by atoms with E-state index in [-0.39, 0.29) is 17.4 Å². The summed E-state index contributed by atoms with van der Waals surface area (Å²) in [5, 5.41) is 0.600. The molecule has 5 heteroatoms. The summed E-state index contributed by atoms with van der Waals surface area (Å²) in [6.45, 7) is 1.74. The van der Waals surface area contributed by atoms with Crippen LogP contribution in [0, 0.1) is 12.7 Å². The first-order valence-corrected chi connectivity index (χ1v) is 7.66. The summed E-state index contributed by atoms with van der Waals surface area (Å²) >= 11 is 0. The molecule has 0 aliphatic rings. The molecule has 0 saturated heterocycles. The Labute approximate surface area is 144 Å². The number of fused-ring (bicyclic) bond motifs is 1. The first kappa shape index (κ1) is 16.8. The number of rotatable bonds is 5. The van der Waals surface area contributed by atoms with Crippen molar-refractivity contribution in [1.82, 2.24) is 0 Å². The molecule has 0 saturated carbocycles. The largest absolute Gasteiger partial charge is 0.493 e. The summed E-state index contributed by atoms with van der Waals surface area (Å²) in [7, 11) is 3.11. The minimum atomic E-state index is -0.365. The van der Waals surface area contributed by atoms with Gasteiger partial charge in [-0.3, -0.25) is 4.79 Å². The molecule has 0 bridgehead atoms. The lowest BCUT2D eigenvalue weighted by Gasteiger charge is -2.07. The molecule has 0 N–H and O–H groups in total. The van der Waals surface area contributed by atoms with Crippen molar-refractivity contribution in [3.05, 3.63) is 65.2 Å². The van der Waals surface area contributed by atoms with E-state index in [0.717, 1.165) is 5.56 Å². The van der Waals surface area contributed by atoms with Crippen LogP contribution < -0.4 is 9.47 Å². The molecule has 0 unspecified atom stereocenters. The quantitative estimate of drug-likeness (QED) is 0.495. The predicted octanol–water partition coefficient (Wildman–Crippen LogP) is 4.79. The Kier molecular flexibility index (Phi) is 4.57. The summed E-state index contributed by atoms with van der Waals surface area (Å²) in [5.41, 5.74) is 1.89. The predicted molar refractivity (Wildman–Crippen MR) is 93.8 cm³/mol. The fourth-order valence-electron chi connectivity index (χ4n) is 2.63. The molecular formula is C20H17FO4. The van der Waals surface area contributed by atoms with Crippen LogP contribution in [0.15, 0.2) is 46.9 Å². The highest BCUT2D eigenvalue weighted by molar-refractivity contribution is 6.08. The molecule has 0 fully saturated rings. The van der Waals surface area contributed by atoms with Crippen LogP contribution in [0.3, 0.4) is 0 Å². The molecule has 1 aromatic heterocycles. The van der Waals surface area contributed by atoms with Gasteiger partial charge in [-0.1, -0.05) is 12.1 Å². The van der Waals surface area contributed by atoms with E-state index in [0.29, 0.717) is 28.0 Å². The molecule has 0 aliphatic heterocycles. The van der Waals surface area contributed by atoms with Gasteiger partial charge >= 0.3 is 0 Å². The van der Waals surface area contributed by atoms with Crippen LogP contribution in [0.1, 0.15) is 21.7 Å². The van der Waals surface area contributed by atoms with Crippen LogP contribution in [-0.4, -0.2) is 20.0 Å². The van der Waals surface area contributed by atoms with Gasteiger partial charge in [-0.2, -0.15) is 0 Å². The third kappa shape index (κ3) is 3.26. The zero-order chi connectivity index (χ0) is 18.0. The van der Waals surface area contributed by atoms with Gasteiger partial charge in [0.15, 0.2) is 17.3 Å². The van der Waals surface area contributed by atoms with Crippen molar-refractivity contribution in [2.45, 2.75) is 6.92 Å². The van der Waals surface area contributed by atoms with Crippen molar-refractivity contribution in [2.75, 3.05) is 14.2 Å². The number of ether oxygens (including phenoxy) is 2. The van der Waals surface area contributed by atoms with E-state index in [4.69, 9.17) is 13.9 Å². The van der Waals surface area contributed by atoms with Crippen molar-refractivity contribution in [3.63, 3.8) is 0 Å². The minimum Gasteiger partial charge on any atom is -0.493 e. The Bertz CT molecular complexity index is 969. The number of hydrogen-bond donors (Lipinski definition) is 0. The normalized spacial score (nSPS) is 11.2. The summed E-state index contributed by atoms with van der Waals surface area (Å²) in [6.07, 6.45) is 3.08. The third-order valence-electron chi connectivity index (χ3n) is 3.96. The number of carbonyl (C=O) groups excluding carboxylic acids is 1. The van der Waals surface area contributed by atoms with Gasteiger partial charge in [0.1, 0.15) is 11.4 Å². The molecule has 25 heavy (non-hydrogen) atoms. The van der Waals surface area contributed by atoms with Crippen molar-refractivity contribution in [1.29, 1.82) is 0 Å². The average Bonchev–Trinajstić information content (AvgIpc) is 2.95. The monoisotopic (exact) mass is 340 g/mol. The van der Waals surface area contributed by atoms with E-state index in [1.165, 1.54) is 24.3 Å². The summed E-state index contributed by atoms with van der Waals surface area (Å²) in [6, 6.07) is 9.53. The van der Waals surface area contributed by atoms with Crippen LogP contribution in [0.2, 0.25) is 0 Å². The van der Waals surface area contributed by atoms with Crippen molar-refractivity contribution < 1.29 is 23.1 Å². The van der Waals surface area contributed by atoms with Crippen LogP contribution in [0.25, 0.3) is 17.0 Å². The lowest BCUT2D eigenvalue weighted by molar-refractivity contribution is 0.102. The van der Waals surface area contributed by atoms with E-state index in [2.05, 4.69) is 0 Å². The SMILES string of the molecule is COc1ccc(C=CC(=O)c2oc3ccc(F)cc3c2C)cc1OC. The smallest absolute Gasteiger partial charge is 0.221 e. The van der Waals surface area contributed by atoms with Crippen molar-refractivity contribution >= 4 is 22.8 Å². The maximum Gasteiger partial charge on any atom is 0.221 e. The maximum atomic E-state index is 13.4. The topological polar surface area (TPSA) is 48.7 Å². The number of halogens is 1. The Morgan fingerprint density at radius 1 is 1.08 bits per heavy atom. The van der Waals surface area contributed by atoms with E-state index in [1.807, 2.05) is 6.07 Å². The average molecular weight is 340 g/mol. The molecule has 3 rings (SSSR count). The Hall–Kier alpha value is -3.08. The lowest BCUT2D eigenvalue weighted by atomic mass is 10.1. The van der Waals surface area contributed by atoms with Crippen molar-refractivity contribution in [2.24, 2.45) is 0 Å². The molecule has 0 atom stereocenters. The fraction of sp³-hybridized carbons (Fsp3) is 0.150. The fourth-order valence-corrected chi connectivity index (χ4v) is 2.63. The first-order chi connectivity index (χ1) is 12.0. The third-order valence-corrected chi connectivity index (χ3v) is 3.96. The maximum absolute atomic E-state index is 13.4. The zero-order valence-electron chi connectivity index (χ0n) is 14.1. The summed E-state index contributed by atoms with van der Waals surface area (Å²) in [5.74, 6) is 0.742. The van der Waals surface area contributed by atoms with E-state index < -0.39 is 0 Å². The number of carbonyl (C=O) groups is 1. The van der Waals surface area contributed by atoms with Gasteiger partial charge in [0.2, 0.25) is 5.78 Å². The highest BCUT2D eigenvalue weighted by Crippen LogP contribution is 2.29. The Morgan fingerprint density at radius 3 is 2.56 bits per heavy atom. The van der Waals surface area contributed by atoms with Gasteiger partial charge in [0.05, 0.1) is 14.2 Å². The van der Waals surface area contributed by atoms with Crippen LogP contribution in [-0.2, 0) is 0 Å². The molecule has 0 radical (unpaired) electrons. The minimum absolute atomic E-state index is 0.206. The number of ketones is 1. The molecule has 3 aromatic rings. The van der Waals surface area contributed by atoms with Gasteiger partial charge < -0.3 is 13.9 Å². The Morgan fingerprint density at radius 2 is 1.84 bits per heavy atom. The van der Waals surface area contributed by atoms with Crippen molar-refractivity contribution in [3.8, 4) is 11.5 Å². The second-order valence-electron chi connectivity index (χ2n) is 5.51. The molecular weight excluding hydrogens is 323 g/mol. The number of methoxy groups -OCH3 is 2. The number of allylic oxidation sites excluding steroid dienone is 1. The first-order valence-electron chi connectivity index (χ1n) is 7.66. The molecule has 2 aromatic carbocycles. The second kappa shape index (κ2) is 6.81. The number of benzene rings is 2. The van der Waals surface area contributed by atoms with Crippen LogP contribution >= 0.6 is 0 Å². The van der Waals surface area contributed by atoms with Gasteiger partial charge in [-0.25, -0.2) is 4.39 Å². The highest BCUT2D eigenvalue weighted by atomic mass is 19.1. The summed E-state index contributed by atoms with van der Waals surface area (Å²) < 4.78 is 29.4. The molecule has 128 valence electrons. The van der Waals surface area contributed by atoms with Crippen LogP contribution in [0.4, 0.5) is 4.39 Å². The van der Waals surface area contributed by atoms with E-state index in [1.54, 1.807) is 39.4 Å². The zero-order valence-corrected chi connectivity index (χ0v) is 14.1. The highest BCUT2D eigenvalue weighted by Gasteiger charge is 2.16. The number of furan rings is 1. The number of hydrogen-bond acceptors (Lipinski definition) is 4. The molecule has 0 amide bonds. The Balaban J connectivity index is 1.89. The van der Waals surface area contributed by atoms with E-state index in [9.17, 15) is 9.18 Å². The number of aryl methyl sites for hydroxylation is 1. The van der Waals surface area contributed by atoms with Gasteiger partial charge in [0, 0.05) is 10.9 Å². The van der Waals surface area contributed by atoms with Gasteiger partial charge in [-0.05, 0) is 48.9 Å². The lowest BCUT2D eigenvalue weighted by Crippen LogP contribution is -1.94. The molecule has 1 heterocycles. The van der Waals surface area contributed by atoms with Gasteiger partial charge in [0.25, 0.3) is 0 Å². The van der Waals surface area contributed by atoms with Crippen LogP contribution in [0.5, 0.6) is 11.5 Å². The van der Waals surface area contributed by atoms with E-state index >= 15 is 0 Å². The molecule has 4 nitrogen and oxygen atoms in total. The summed E-state index contributed by atoms with van der Waals surface area (Å²) in [4.78, 5) is 12.4. The molecule has 0 spiro atoms. The molecule has 0 aliphatic carbocycles.